The van der Waals surface area contributed by atoms with Crippen LogP contribution in [0.4, 0.5) is 10.5 Å². The van der Waals surface area contributed by atoms with E-state index in [-0.39, 0.29) is 12.0 Å². The van der Waals surface area contributed by atoms with Crippen molar-refractivity contribution < 1.29 is 14.3 Å². The van der Waals surface area contributed by atoms with Crippen LogP contribution in [-0.4, -0.2) is 67.2 Å². The number of anilines is 1. The van der Waals surface area contributed by atoms with Gasteiger partial charge in [-0.25, -0.2) is 4.79 Å². The van der Waals surface area contributed by atoms with Crippen molar-refractivity contribution in [3.05, 3.63) is 29.8 Å². The average Bonchev–Trinajstić information content (AvgIpc) is 3.17. The lowest BCUT2D eigenvalue weighted by molar-refractivity contribution is 0.0553. The van der Waals surface area contributed by atoms with Crippen LogP contribution in [0, 0.1) is 0 Å². The van der Waals surface area contributed by atoms with Crippen LogP contribution in [0.25, 0.3) is 0 Å². The van der Waals surface area contributed by atoms with E-state index in [4.69, 9.17) is 4.74 Å². The minimum Gasteiger partial charge on any atom is -0.439 e. The quantitative estimate of drug-likeness (QED) is 0.827. The number of piperidine rings is 1. The number of likely N-dealkylation sites (N-methyl/N-ethyl adjacent to an activating group) is 1. The Morgan fingerprint density at radius 3 is 2.40 bits per heavy atom. The Morgan fingerprint density at radius 2 is 1.76 bits per heavy atom. The number of ether oxygens (including phenoxy) is 1. The highest BCUT2D eigenvalue weighted by Crippen LogP contribution is 2.32. The molecule has 2 amide bonds. The highest BCUT2D eigenvalue weighted by molar-refractivity contribution is 5.95. The number of amides is 2. The summed E-state index contributed by atoms with van der Waals surface area (Å²) in [7, 11) is 1.74. The second-order valence-corrected chi connectivity index (χ2v) is 7.48. The number of benzene rings is 1. The lowest BCUT2D eigenvalue weighted by Gasteiger charge is -2.29. The number of hydrogen-bond donors (Lipinski definition) is 0. The maximum absolute atomic E-state index is 12.8. The highest BCUT2D eigenvalue weighted by Gasteiger charge is 2.49. The third kappa shape index (κ3) is 3.05. The van der Waals surface area contributed by atoms with Gasteiger partial charge in [0.2, 0.25) is 0 Å². The molecular weight excluding hydrogens is 318 g/mol. The number of carbonyl (C=O) groups excluding carboxylic acids is 2. The Bertz CT molecular complexity index is 669. The van der Waals surface area contributed by atoms with Crippen molar-refractivity contribution in [3.63, 3.8) is 0 Å². The first-order valence-corrected chi connectivity index (χ1v) is 9.15. The van der Waals surface area contributed by atoms with Crippen molar-refractivity contribution in [2.45, 2.75) is 31.3 Å². The fourth-order valence-corrected chi connectivity index (χ4v) is 4.17. The molecule has 1 atom stereocenters. The molecule has 25 heavy (non-hydrogen) atoms. The molecular formula is C19H25N3O3. The molecule has 134 valence electrons. The summed E-state index contributed by atoms with van der Waals surface area (Å²) in [6, 6.07) is 7.94. The van der Waals surface area contributed by atoms with E-state index < -0.39 is 5.60 Å². The first-order chi connectivity index (χ1) is 12.1. The van der Waals surface area contributed by atoms with E-state index in [1.807, 2.05) is 29.2 Å². The van der Waals surface area contributed by atoms with Crippen molar-refractivity contribution in [1.29, 1.82) is 0 Å². The predicted octanol–water partition coefficient (Wildman–Crippen LogP) is 2.34. The number of carbonyl (C=O) groups is 2. The molecule has 3 aliphatic heterocycles. The second-order valence-electron chi connectivity index (χ2n) is 7.48. The smallest absolute Gasteiger partial charge is 0.410 e. The van der Waals surface area contributed by atoms with Gasteiger partial charge in [0.1, 0.15) is 0 Å². The van der Waals surface area contributed by atoms with E-state index in [2.05, 4.69) is 4.90 Å². The largest absolute Gasteiger partial charge is 0.439 e. The third-order valence-electron chi connectivity index (χ3n) is 5.58. The highest BCUT2D eigenvalue weighted by atomic mass is 16.6. The van der Waals surface area contributed by atoms with Gasteiger partial charge in [-0.2, -0.15) is 0 Å². The van der Waals surface area contributed by atoms with Crippen LogP contribution in [0.1, 0.15) is 36.0 Å². The van der Waals surface area contributed by atoms with Gasteiger partial charge >= 0.3 is 6.09 Å². The summed E-state index contributed by atoms with van der Waals surface area (Å²) in [5, 5.41) is 0. The van der Waals surface area contributed by atoms with Crippen molar-refractivity contribution in [1.82, 2.24) is 9.80 Å². The van der Waals surface area contributed by atoms with Crippen LogP contribution in [0.5, 0.6) is 0 Å². The molecule has 0 aromatic heterocycles. The van der Waals surface area contributed by atoms with Crippen LogP contribution in [0.15, 0.2) is 24.3 Å². The van der Waals surface area contributed by atoms with Crippen LogP contribution in [-0.2, 0) is 4.74 Å². The van der Waals surface area contributed by atoms with Gasteiger partial charge in [0.15, 0.2) is 5.60 Å². The van der Waals surface area contributed by atoms with Crippen molar-refractivity contribution in [2.75, 3.05) is 44.7 Å². The minimum absolute atomic E-state index is 0.0210. The molecule has 0 radical (unpaired) electrons. The lowest BCUT2D eigenvalue weighted by atomic mass is 10.0. The fraction of sp³-hybridized carbons (Fsp3) is 0.579. The summed E-state index contributed by atoms with van der Waals surface area (Å²) in [4.78, 5) is 30.2. The summed E-state index contributed by atoms with van der Waals surface area (Å²) in [5.41, 5.74) is 1.38. The lowest BCUT2D eigenvalue weighted by Crippen LogP contribution is -2.39. The number of rotatable bonds is 2. The van der Waals surface area contributed by atoms with Crippen LogP contribution < -0.4 is 4.90 Å². The van der Waals surface area contributed by atoms with E-state index in [9.17, 15) is 9.59 Å². The average molecular weight is 343 g/mol. The minimum atomic E-state index is -0.519. The van der Waals surface area contributed by atoms with Gasteiger partial charge in [-0.05, 0) is 43.5 Å². The molecule has 1 aromatic carbocycles. The number of hydrogen-bond acceptors (Lipinski definition) is 4. The maximum Gasteiger partial charge on any atom is 0.410 e. The number of likely N-dealkylation sites (tertiary alicyclic amines) is 1. The molecule has 1 aromatic rings. The zero-order valence-electron chi connectivity index (χ0n) is 14.7. The molecule has 0 bridgehead atoms. The van der Waals surface area contributed by atoms with Gasteiger partial charge in [-0.15, -0.1) is 0 Å². The molecule has 0 N–H and O–H groups in total. The molecule has 3 heterocycles. The summed E-state index contributed by atoms with van der Waals surface area (Å²) in [5.74, 6) is 0.0210. The maximum atomic E-state index is 12.8. The Balaban J connectivity index is 1.42. The van der Waals surface area contributed by atoms with Crippen molar-refractivity contribution in [3.8, 4) is 0 Å². The molecule has 6 heteroatoms. The molecule has 3 aliphatic rings. The zero-order valence-corrected chi connectivity index (χ0v) is 14.7. The molecule has 1 spiro atoms. The second kappa shape index (κ2) is 6.24. The predicted molar refractivity (Wildman–Crippen MR) is 94.9 cm³/mol. The summed E-state index contributed by atoms with van der Waals surface area (Å²) in [6.07, 6.45) is 4.21. The summed E-state index contributed by atoms with van der Waals surface area (Å²) in [6.45, 7) is 3.87. The van der Waals surface area contributed by atoms with E-state index in [0.717, 1.165) is 13.1 Å². The monoisotopic (exact) mass is 343 g/mol. The Labute approximate surface area is 148 Å². The Morgan fingerprint density at radius 1 is 1.04 bits per heavy atom. The van der Waals surface area contributed by atoms with Gasteiger partial charge in [-0.1, -0.05) is 0 Å². The molecule has 1 unspecified atom stereocenters. The van der Waals surface area contributed by atoms with Crippen LogP contribution >= 0.6 is 0 Å². The normalized spacial score (nSPS) is 26.4. The first-order valence-electron chi connectivity index (χ1n) is 9.15. The Kier molecular flexibility index (Phi) is 4.06. The van der Waals surface area contributed by atoms with Crippen molar-refractivity contribution in [2.24, 2.45) is 0 Å². The summed E-state index contributed by atoms with van der Waals surface area (Å²) >= 11 is 0. The van der Waals surface area contributed by atoms with E-state index in [1.165, 1.54) is 24.9 Å². The first kappa shape index (κ1) is 16.2. The zero-order chi connectivity index (χ0) is 17.4. The molecule has 3 saturated heterocycles. The van der Waals surface area contributed by atoms with Crippen molar-refractivity contribution >= 4 is 17.7 Å². The van der Waals surface area contributed by atoms with Crippen LogP contribution in [0.3, 0.4) is 0 Å². The van der Waals surface area contributed by atoms with Gasteiger partial charge in [0.25, 0.3) is 5.91 Å². The van der Waals surface area contributed by atoms with E-state index in [0.29, 0.717) is 31.6 Å². The van der Waals surface area contributed by atoms with Gasteiger partial charge in [0, 0.05) is 44.4 Å². The molecule has 3 fully saturated rings. The van der Waals surface area contributed by atoms with Gasteiger partial charge in [-0.3, -0.25) is 4.79 Å². The van der Waals surface area contributed by atoms with E-state index in [1.54, 1.807) is 11.9 Å². The molecule has 0 saturated carbocycles. The van der Waals surface area contributed by atoms with Gasteiger partial charge < -0.3 is 19.4 Å². The summed E-state index contributed by atoms with van der Waals surface area (Å²) < 4.78 is 5.52. The Hall–Kier alpha value is -2.24. The van der Waals surface area contributed by atoms with Crippen LogP contribution in [0.2, 0.25) is 0 Å². The fourth-order valence-electron chi connectivity index (χ4n) is 4.17. The third-order valence-corrected chi connectivity index (χ3v) is 5.58. The van der Waals surface area contributed by atoms with Gasteiger partial charge in [0.05, 0.1) is 13.1 Å². The standard InChI is InChI=1S/C19H25N3O3/c1-20-13-19(25-18(20)24)9-12-22(14-19)17(23)15-5-7-16(8-6-15)21-10-3-2-4-11-21/h5-8H,2-4,9-14H2,1H3. The van der Waals surface area contributed by atoms with E-state index >= 15 is 0 Å². The molecule has 6 nitrogen and oxygen atoms in total. The SMILES string of the molecule is CN1CC2(CCN(C(=O)c3ccc(N4CCCCC4)cc3)C2)OC1=O. The molecule has 0 aliphatic carbocycles. The number of nitrogens with zero attached hydrogens (tertiary/aromatic N) is 3. The molecule has 4 rings (SSSR count). The topological polar surface area (TPSA) is 53.1 Å².